The first-order valence-corrected chi connectivity index (χ1v) is 9.95. The molecule has 0 aliphatic rings. The van der Waals surface area contributed by atoms with Crippen molar-refractivity contribution in [2.75, 3.05) is 26.2 Å². The van der Waals surface area contributed by atoms with Crippen LogP contribution in [0.2, 0.25) is 0 Å². The van der Waals surface area contributed by atoms with Crippen LogP contribution in [0, 0.1) is 0 Å². The van der Waals surface area contributed by atoms with E-state index in [1.54, 1.807) is 49.6 Å². The molecule has 4 aromatic rings. The topological polar surface area (TPSA) is 74.0 Å². The monoisotopic (exact) mass is 424 g/mol. The Balaban J connectivity index is 1.75. The van der Waals surface area contributed by atoms with E-state index in [2.05, 4.69) is 4.98 Å². The van der Waals surface area contributed by atoms with Crippen molar-refractivity contribution in [3.63, 3.8) is 0 Å². The first-order chi connectivity index (χ1) is 14.6. The Kier molecular flexibility index (Phi) is 5.58. The summed E-state index contributed by atoms with van der Waals surface area (Å²) in [7, 11) is 4.70. The Bertz CT molecular complexity index is 1170. The van der Waals surface area contributed by atoms with Crippen molar-refractivity contribution in [2.24, 2.45) is 0 Å². The van der Waals surface area contributed by atoms with Gasteiger partial charge in [-0.1, -0.05) is 11.3 Å². The molecule has 0 N–H and O–H groups in total. The molecule has 0 saturated heterocycles. The molecule has 8 heteroatoms. The second-order valence-corrected chi connectivity index (χ2v) is 7.38. The average molecular weight is 424 g/mol. The first kappa shape index (κ1) is 19.8. The molecule has 7 nitrogen and oxygen atoms in total. The summed E-state index contributed by atoms with van der Waals surface area (Å²) in [5, 5.41) is 0.564. The number of rotatable bonds is 7. The molecule has 0 aliphatic carbocycles. The van der Waals surface area contributed by atoms with E-state index >= 15 is 0 Å². The van der Waals surface area contributed by atoms with Gasteiger partial charge in [0.25, 0.3) is 5.91 Å². The van der Waals surface area contributed by atoms with Crippen LogP contribution in [0.4, 0.5) is 5.13 Å². The third-order valence-electron chi connectivity index (χ3n) is 4.58. The first-order valence-electron chi connectivity index (χ1n) is 9.13. The minimum absolute atomic E-state index is 0.224. The molecular formula is C22H20N2O5S. The fourth-order valence-electron chi connectivity index (χ4n) is 3.05. The molecule has 2 aromatic heterocycles. The molecule has 2 aromatic carbocycles. The number of benzene rings is 2. The summed E-state index contributed by atoms with van der Waals surface area (Å²) in [5.74, 6) is 2.18. The number of ether oxygens (including phenoxy) is 3. The second kappa shape index (κ2) is 8.46. The number of thiazole rings is 1. The number of furan rings is 1. The van der Waals surface area contributed by atoms with E-state index < -0.39 is 0 Å². The number of hydrogen-bond acceptors (Lipinski definition) is 7. The van der Waals surface area contributed by atoms with Crippen LogP contribution in [0.1, 0.15) is 16.1 Å². The van der Waals surface area contributed by atoms with Gasteiger partial charge in [-0.2, -0.15) is 0 Å². The quantitative estimate of drug-likeness (QED) is 0.426. The van der Waals surface area contributed by atoms with Crippen LogP contribution < -0.4 is 19.1 Å². The maximum atomic E-state index is 13.5. The summed E-state index contributed by atoms with van der Waals surface area (Å²) in [5.41, 5.74) is 1.22. The molecule has 0 unspecified atom stereocenters. The largest absolute Gasteiger partial charge is 0.497 e. The molecule has 4 rings (SSSR count). The van der Waals surface area contributed by atoms with Gasteiger partial charge in [-0.15, -0.1) is 0 Å². The van der Waals surface area contributed by atoms with Crippen LogP contribution in [-0.4, -0.2) is 32.2 Å². The molecule has 1 amide bonds. The number of aromatic nitrogens is 1. The van der Waals surface area contributed by atoms with Crippen molar-refractivity contribution in [1.29, 1.82) is 0 Å². The standard InChI is InChI=1S/C22H20N2O5S/c1-26-15-7-9-20-17(12-15)23-22(30-20)24(13-16-5-4-10-29-16)21(25)14-6-8-18(27-2)19(11-14)28-3/h4-12H,13H2,1-3H3. The van der Waals surface area contributed by atoms with E-state index in [0.717, 1.165) is 10.2 Å². The molecular weight excluding hydrogens is 404 g/mol. The molecule has 2 heterocycles. The zero-order chi connectivity index (χ0) is 21.1. The van der Waals surface area contributed by atoms with Gasteiger partial charge in [-0.3, -0.25) is 9.69 Å². The van der Waals surface area contributed by atoms with Gasteiger partial charge in [0, 0.05) is 11.6 Å². The minimum atomic E-state index is -0.224. The number of carbonyl (C=O) groups excluding carboxylic acids is 1. The lowest BCUT2D eigenvalue weighted by atomic mass is 10.1. The highest BCUT2D eigenvalue weighted by atomic mass is 32.1. The summed E-state index contributed by atoms with van der Waals surface area (Å²) < 4.78 is 22.3. The zero-order valence-corrected chi connectivity index (χ0v) is 17.6. The molecule has 0 radical (unpaired) electrons. The predicted octanol–water partition coefficient (Wildman–Crippen LogP) is 4.76. The Morgan fingerprint density at radius 1 is 1.03 bits per heavy atom. The number of nitrogens with zero attached hydrogens (tertiary/aromatic N) is 2. The van der Waals surface area contributed by atoms with Gasteiger partial charge in [0.05, 0.1) is 44.4 Å². The van der Waals surface area contributed by atoms with Crippen LogP contribution in [0.15, 0.2) is 59.2 Å². The highest BCUT2D eigenvalue weighted by molar-refractivity contribution is 7.22. The van der Waals surface area contributed by atoms with Gasteiger partial charge < -0.3 is 18.6 Å². The lowest BCUT2D eigenvalue weighted by molar-refractivity contribution is 0.0983. The number of carbonyl (C=O) groups is 1. The molecule has 30 heavy (non-hydrogen) atoms. The molecule has 0 saturated carbocycles. The maximum Gasteiger partial charge on any atom is 0.260 e. The summed E-state index contributed by atoms with van der Waals surface area (Å²) in [6, 6.07) is 14.3. The fourth-order valence-corrected chi connectivity index (χ4v) is 3.99. The molecule has 154 valence electrons. The summed E-state index contributed by atoms with van der Waals surface area (Å²) in [4.78, 5) is 19.7. The number of anilines is 1. The van der Waals surface area contributed by atoms with E-state index in [9.17, 15) is 4.79 Å². The van der Waals surface area contributed by atoms with Crippen LogP contribution in [0.25, 0.3) is 10.2 Å². The Morgan fingerprint density at radius 2 is 1.87 bits per heavy atom. The normalized spacial score (nSPS) is 10.8. The average Bonchev–Trinajstić information content (AvgIpc) is 3.45. The van der Waals surface area contributed by atoms with E-state index in [1.807, 2.05) is 24.3 Å². The third kappa shape index (κ3) is 3.81. The van der Waals surface area contributed by atoms with E-state index in [-0.39, 0.29) is 12.5 Å². The molecule has 0 spiro atoms. The lowest BCUT2D eigenvalue weighted by Crippen LogP contribution is -2.30. The van der Waals surface area contributed by atoms with Gasteiger partial charge in [0.1, 0.15) is 11.5 Å². The fraction of sp³-hybridized carbons (Fsp3) is 0.182. The zero-order valence-electron chi connectivity index (χ0n) is 16.7. The van der Waals surface area contributed by atoms with Gasteiger partial charge in [-0.05, 0) is 42.5 Å². The SMILES string of the molecule is COc1ccc2sc(N(Cc3ccco3)C(=O)c3ccc(OC)c(OC)c3)nc2c1. The van der Waals surface area contributed by atoms with E-state index in [4.69, 9.17) is 18.6 Å². The number of fused-ring (bicyclic) bond motifs is 1. The number of hydrogen-bond donors (Lipinski definition) is 0. The maximum absolute atomic E-state index is 13.5. The summed E-state index contributed by atoms with van der Waals surface area (Å²) in [6.07, 6.45) is 1.58. The number of amides is 1. The van der Waals surface area contributed by atoms with Gasteiger partial charge in [0.15, 0.2) is 16.6 Å². The van der Waals surface area contributed by atoms with Crippen LogP contribution in [0.5, 0.6) is 17.2 Å². The van der Waals surface area contributed by atoms with E-state index in [0.29, 0.717) is 33.7 Å². The van der Waals surface area contributed by atoms with Crippen molar-refractivity contribution in [1.82, 2.24) is 4.98 Å². The van der Waals surface area contributed by atoms with Crippen molar-refractivity contribution >= 4 is 32.6 Å². The van der Waals surface area contributed by atoms with Gasteiger partial charge >= 0.3 is 0 Å². The summed E-state index contributed by atoms with van der Waals surface area (Å²) in [6.45, 7) is 0.247. The van der Waals surface area contributed by atoms with Crippen molar-refractivity contribution in [3.05, 3.63) is 66.1 Å². The highest BCUT2D eigenvalue weighted by Gasteiger charge is 2.24. The Morgan fingerprint density at radius 3 is 2.57 bits per heavy atom. The van der Waals surface area contributed by atoms with Crippen LogP contribution in [0.3, 0.4) is 0 Å². The second-order valence-electron chi connectivity index (χ2n) is 6.37. The lowest BCUT2D eigenvalue weighted by Gasteiger charge is -2.19. The molecule has 0 atom stereocenters. The molecule has 0 aliphatic heterocycles. The van der Waals surface area contributed by atoms with Crippen LogP contribution >= 0.6 is 11.3 Å². The predicted molar refractivity (Wildman–Crippen MR) is 115 cm³/mol. The highest BCUT2D eigenvalue weighted by Crippen LogP contribution is 2.34. The minimum Gasteiger partial charge on any atom is -0.497 e. The van der Waals surface area contributed by atoms with Crippen molar-refractivity contribution in [2.45, 2.75) is 6.54 Å². The van der Waals surface area contributed by atoms with Crippen molar-refractivity contribution < 1.29 is 23.4 Å². The number of methoxy groups -OCH3 is 3. The molecule has 0 fully saturated rings. The Labute approximate surface area is 177 Å². The van der Waals surface area contributed by atoms with Gasteiger partial charge in [0.2, 0.25) is 0 Å². The summed E-state index contributed by atoms with van der Waals surface area (Å²) >= 11 is 1.43. The van der Waals surface area contributed by atoms with E-state index in [1.165, 1.54) is 18.4 Å². The third-order valence-corrected chi connectivity index (χ3v) is 5.64. The van der Waals surface area contributed by atoms with Crippen LogP contribution in [-0.2, 0) is 6.54 Å². The van der Waals surface area contributed by atoms with Gasteiger partial charge in [-0.25, -0.2) is 4.98 Å². The smallest absolute Gasteiger partial charge is 0.260 e. The van der Waals surface area contributed by atoms with Crippen molar-refractivity contribution in [3.8, 4) is 17.2 Å². The Hall–Kier alpha value is -3.52. The molecule has 0 bridgehead atoms.